The molecule has 0 saturated carbocycles. The third-order valence-corrected chi connectivity index (χ3v) is 1.29. The van der Waals surface area contributed by atoms with E-state index in [2.05, 4.69) is 0 Å². The monoisotopic (exact) mass is 207 g/mol. The lowest BCUT2D eigenvalue weighted by molar-refractivity contribution is -0.170. The predicted octanol–water partition coefficient (Wildman–Crippen LogP) is -2.09. The van der Waals surface area contributed by atoms with Gasteiger partial charge in [-0.05, 0) is 0 Å². The van der Waals surface area contributed by atoms with Crippen LogP contribution in [0.3, 0.4) is 0 Å². The molecule has 0 aromatic carbocycles. The predicted molar refractivity (Wildman–Crippen MR) is 40.5 cm³/mol. The van der Waals surface area contributed by atoms with Gasteiger partial charge in [0.25, 0.3) is 0 Å². The molecule has 0 aliphatic carbocycles. The van der Waals surface area contributed by atoms with Crippen LogP contribution in [0.5, 0.6) is 0 Å². The van der Waals surface area contributed by atoms with E-state index in [1.165, 1.54) is 0 Å². The van der Waals surface area contributed by atoms with Gasteiger partial charge in [0, 0.05) is 0 Å². The molecular weight excluding hydrogens is 198 g/mol. The molecule has 0 aromatic heterocycles. The van der Waals surface area contributed by atoms with Crippen LogP contribution in [0.2, 0.25) is 0 Å². The Labute approximate surface area is 77.8 Å². The van der Waals surface area contributed by atoms with E-state index in [1.54, 1.807) is 5.32 Å². The van der Waals surface area contributed by atoms with Gasteiger partial charge in [-0.25, -0.2) is 4.79 Å². The van der Waals surface area contributed by atoms with Gasteiger partial charge in [0.15, 0.2) is 0 Å². The number of aliphatic hydroxyl groups is 1. The Bertz CT molecular complexity index is 263. The van der Waals surface area contributed by atoms with Gasteiger partial charge in [0.2, 0.25) is 5.72 Å². The van der Waals surface area contributed by atoms with Crippen LogP contribution in [0.1, 0.15) is 6.42 Å². The number of carboxylic acid groups (broad SMARTS) is 3. The summed E-state index contributed by atoms with van der Waals surface area (Å²) in [4.78, 5) is 30.6. The molecule has 0 bridgehead atoms. The van der Waals surface area contributed by atoms with Gasteiger partial charge in [-0.3, -0.25) is 14.9 Å². The summed E-state index contributed by atoms with van der Waals surface area (Å²) in [5.41, 5.74) is -2.76. The van der Waals surface area contributed by atoms with Crippen molar-refractivity contribution in [2.75, 3.05) is 6.54 Å². The Hall–Kier alpha value is -1.67. The molecule has 0 aromatic rings. The van der Waals surface area contributed by atoms with Crippen LogP contribution >= 0.6 is 0 Å². The number of hydrogen-bond acceptors (Lipinski definition) is 5. The van der Waals surface area contributed by atoms with Crippen molar-refractivity contribution in [3.05, 3.63) is 0 Å². The van der Waals surface area contributed by atoms with E-state index < -0.39 is 36.6 Å². The Kier molecular flexibility index (Phi) is 3.99. The molecule has 0 spiro atoms. The minimum absolute atomic E-state index is 0.851. The first-order valence-corrected chi connectivity index (χ1v) is 3.42. The summed E-state index contributed by atoms with van der Waals surface area (Å²) < 4.78 is 0. The summed E-state index contributed by atoms with van der Waals surface area (Å²) in [7, 11) is 0. The van der Waals surface area contributed by atoms with Crippen LogP contribution in [0, 0.1) is 0 Å². The fourth-order valence-electron chi connectivity index (χ4n) is 0.654. The lowest BCUT2D eigenvalue weighted by Gasteiger charge is -2.21. The fourth-order valence-corrected chi connectivity index (χ4v) is 0.654. The van der Waals surface area contributed by atoms with Crippen LogP contribution in [-0.2, 0) is 14.4 Å². The topological polar surface area (TPSA) is 144 Å². The van der Waals surface area contributed by atoms with E-state index in [-0.39, 0.29) is 0 Å². The highest BCUT2D eigenvalue weighted by atomic mass is 16.4. The van der Waals surface area contributed by atoms with Crippen molar-refractivity contribution < 1.29 is 34.8 Å². The molecule has 8 heteroatoms. The second kappa shape index (κ2) is 4.53. The number of rotatable bonds is 6. The zero-order chi connectivity index (χ0) is 11.4. The van der Waals surface area contributed by atoms with Crippen LogP contribution in [-0.4, -0.2) is 50.6 Å². The quantitative estimate of drug-likeness (QED) is 0.312. The van der Waals surface area contributed by atoms with Gasteiger partial charge in [-0.15, -0.1) is 0 Å². The molecule has 0 aliphatic rings. The molecule has 5 N–H and O–H groups in total. The van der Waals surface area contributed by atoms with Crippen LogP contribution in [0.4, 0.5) is 0 Å². The summed E-state index contributed by atoms with van der Waals surface area (Å²) in [6.45, 7) is -0.851. The molecule has 1 atom stereocenters. The number of nitrogens with one attached hydrogen (secondary N) is 1. The molecule has 0 heterocycles. The first kappa shape index (κ1) is 12.3. The molecule has 14 heavy (non-hydrogen) atoms. The highest BCUT2D eigenvalue weighted by Crippen LogP contribution is 2.06. The van der Waals surface area contributed by atoms with Gasteiger partial charge in [-0.2, -0.15) is 0 Å². The largest absolute Gasteiger partial charge is 0.481 e. The van der Waals surface area contributed by atoms with E-state index in [9.17, 15) is 14.4 Å². The number of hydrogen-bond donors (Lipinski definition) is 5. The second-order valence-corrected chi connectivity index (χ2v) is 2.48. The normalized spacial score (nSPS) is 14.4. The van der Waals surface area contributed by atoms with Gasteiger partial charge in [0.1, 0.15) is 0 Å². The number of carboxylic acids is 3. The van der Waals surface area contributed by atoms with Crippen molar-refractivity contribution in [2.24, 2.45) is 0 Å². The Morgan fingerprint density at radius 1 is 1.07 bits per heavy atom. The number of aliphatic carboxylic acids is 3. The standard InChI is InChI=1S/C6H9NO7/c8-3(9)1-6(14,5(12)13)7-2-4(10)11/h7,14H,1-2H2,(H,8,9)(H,10,11)(H,12,13). The molecule has 0 rings (SSSR count). The Morgan fingerprint density at radius 3 is 1.86 bits per heavy atom. The molecule has 1 unspecified atom stereocenters. The zero-order valence-electron chi connectivity index (χ0n) is 6.93. The molecule has 0 saturated heterocycles. The molecule has 0 fully saturated rings. The highest BCUT2D eigenvalue weighted by molar-refractivity contribution is 5.83. The van der Waals surface area contributed by atoms with Crippen LogP contribution in [0.25, 0.3) is 0 Å². The third-order valence-electron chi connectivity index (χ3n) is 1.29. The summed E-state index contributed by atoms with van der Waals surface area (Å²) in [6.07, 6.45) is -1.13. The summed E-state index contributed by atoms with van der Waals surface area (Å²) in [5, 5.41) is 35.7. The van der Waals surface area contributed by atoms with Crippen LogP contribution < -0.4 is 5.32 Å². The van der Waals surface area contributed by atoms with Gasteiger partial charge in [-0.1, -0.05) is 0 Å². The molecule has 0 radical (unpaired) electrons. The maximum absolute atomic E-state index is 10.4. The zero-order valence-corrected chi connectivity index (χ0v) is 6.93. The van der Waals surface area contributed by atoms with Gasteiger partial charge in [0.05, 0.1) is 13.0 Å². The maximum atomic E-state index is 10.4. The molecule has 0 aliphatic heterocycles. The van der Waals surface area contributed by atoms with Crippen molar-refractivity contribution >= 4 is 17.9 Å². The van der Waals surface area contributed by atoms with Crippen molar-refractivity contribution in [2.45, 2.75) is 12.1 Å². The highest BCUT2D eigenvalue weighted by Gasteiger charge is 2.38. The van der Waals surface area contributed by atoms with E-state index in [0.29, 0.717) is 0 Å². The van der Waals surface area contributed by atoms with E-state index in [1.807, 2.05) is 0 Å². The van der Waals surface area contributed by atoms with Gasteiger partial charge >= 0.3 is 17.9 Å². The second-order valence-electron chi connectivity index (χ2n) is 2.48. The summed E-state index contributed by atoms with van der Waals surface area (Å²) in [6, 6.07) is 0. The maximum Gasteiger partial charge on any atom is 0.351 e. The first-order valence-electron chi connectivity index (χ1n) is 3.42. The van der Waals surface area contributed by atoms with Crippen molar-refractivity contribution in [1.82, 2.24) is 5.32 Å². The Morgan fingerprint density at radius 2 is 1.57 bits per heavy atom. The summed E-state index contributed by atoms with van der Waals surface area (Å²) in [5.74, 6) is -4.82. The van der Waals surface area contributed by atoms with Crippen molar-refractivity contribution in [1.29, 1.82) is 0 Å². The molecule has 80 valence electrons. The molecular formula is C6H9NO7. The smallest absolute Gasteiger partial charge is 0.351 e. The lowest BCUT2D eigenvalue weighted by Crippen LogP contribution is -2.54. The molecule has 8 nitrogen and oxygen atoms in total. The first-order chi connectivity index (χ1) is 6.28. The van der Waals surface area contributed by atoms with Gasteiger partial charge < -0.3 is 20.4 Å². The average Bonchev–Trinajstić information content (AvgIpc) is 1.99. The van der Waals surface area contributed by atoms with Crippen molar-refractivity contribution in [3.8, 4) is 0 Å². The minimum Gasteiger partial charge on any atom is -0.481 e. The Balaban J connectivity index is 4.47. The summed E-state index contributed by atoms with van der Waals surface area (Å²) >= 11 is 0. The lowest BCUT2D eigenvalue weighted by atomic mass is 10.1. The van der Waals surface area contributed by atoms with Crippen molar-refractivity contribution in [3.63, 3.8) is 0 Å². The minimum atomic E-state index is -2.76. The van der Waals surface area contributed by atoms with E-state index in [0.717, 1.165) is 0 Å². The molecule has 0 amide bonds. The van der Waals surface area contributed by atoms with E-state index >= 15 is 0 Å². The SMILES string of the molecule is O=C(O)CNC(O)(CC(=O)O)C(=O)O. The van der Waals surface area contributed by atoms with E-state index in [4.69, 9.17) is 20.4 Å². The average molecular weight is 207 g/mol. The fraction of sp³-hybridized carbons (Fsp3) is 0.500. The third kappa shape index (κ3) is 3.83. The number of carbonyl (C=O) groups is 3. The van der Waals surface area contributed by atoms with Crippen LogP contribution in [0.15, 0.2) is 0 Å².